The number of carbonyl (C=O) groups is 1. The molecule has 0 aliphatic heterocycles. The highest BCUT2D eigenvalue weighted by atomic mass is 35.5. The highest BCUT2D eigenvalue weighted by Gasteiger charge is 2.06. The summed E-state index contributed by atoms with van der Waals surface area (Å²) in [6.45, 7) is 4.54. The van der Waals surface area contributed by atoms with Crippen molar-refractivity contribution >= 4 is 17.4 Å². The first-order valence-electron chi connectivity index (χ1n) is 6.73. The number of hydrogen-bond donors (Lipinski definition) is 0. The van der Waals surface area contributed by atoms with Gasteiger partial charge in [0.1, 0.15) is 12.4 Å². The van der Waals surface area contributed by atoms with E-state index in [4.69, 9.17) is 30.5 Å². The standard InChI is InChI=1S/C15H21ClO5/c1-12(17)14-4-3-13(11-15(14)16)21-10-9-20-8-7-19-6-5-18-2/h3-4,11H,5-10H2,1-2H3. The van der Waals surface area contributed by atoms with E-state index in [0.29, 0.717) is 56.0 Å². The maximum atomic E-state index is 11.2. The van der Waals surface area contributed by atoms with Crippen molar-refractivity contribution in [1.82, 2.24) is 0 Å². The maximum Gasteiger partial charge on any atom is 0.161 e. The molecular weight excluding hydrogens is 296 g/mol. The lowest BCUT2D eigenvalue weighted by Crippen LogP contribution is -2.12. The first kappa shape index (κ1) is 17.9. The molecule has 0 radical (unpaired) electrons. The van der Waals surface area contributed by atoms with Crippen molar-refractivity contribution in [2.24, 2.45) is 0 Å². The Labute approximate surface area is 130 Å². The lowest BCUT2D eigenvalue weighted by Gasteiger charge is -2.09. The number of ether oxygens (including phenoxy) is 4. The highest BCUT2D eigenvalue weighted by molar-refractivity contribution is 6.34. The van der Waals surface area contributed by atoms with Crippen LogP contribution in [0.5, 0.6) is 5.75 Å². The van der Waals surface area contributed by atoms with E-state index in [1.807, 2.05) is 0 Å². The van der Waals surface area contributed by atoms with Gasteiger partial charge >= 0.3 is 0 Å². The quantitative estimate of drug-likeness (QED) is 0.464. The van der Waals surface area contributed by atoms with Crippen molar-refractivity contribution in [2.75, 3.05) is 46.8 Å². The Bertz CT molecular complexity index is 436. The SMILES string of the molecule is COCCOCCOCCOc1ccc(C(C)=O)c(Cl)c1. The van der Waals surface area contributed by atoms with E-state index in [2.05, 4.69) is 0 Å². The first-order valence-corrected chi connectivity index (χ1v) is 7.10. The van der Waals surface area contributed by atoms with Crippen LogP contribution in [0.15, 0.2) is 18.2 Å². The second-order valence-electron chi connectivity index (χ2n) is 4.26. The Morgan fingerprint density at radius 2 is 1.67 bits per heavy atom. The number of ketones is 1. The summed E-state index contributed by atoms with van der Waals surface area (Å²) < 4.78 is 20.9. The number of rotatable bonds is 11. The van der Waals surface area contributed by atoms with Crippen LogP contribution in [0.25, 0.3) is 0 Å². The van der Waals surface area contributed by atoms with Gasteiger partial charge in [-0.15, -0.1) is 0 Å². The molecule has 118 valence electrons. The third-order valence-electron chi connectivity index (χ3n) is 2.62. The van der Waals surface area contributed by atoms with Gasteiger partial charge in [0.15, 0.2) is 5.78 Å². The van der Waals surface area contributed by atoms with Gasteiger partial charge in [-0.05, 0) is 25.1 Å². The van der Waals surface area contributed by atoms with E-state index < -0.39 is 0 Å². The number of carbonyl (C=O) groups excluding carboxylic acids is 1. The number of hydrogen-bond acceptors (Lipinski definition) is 5. The third kappa shape index (κ3) is 7.43. The lowest BCUT2D eigenvalue weighted by molar-refractivity contribution is 0.0180. The molecule has 0 unspecified atom stereocenters. The van der Waals surface area contributed by atoms with Gasteiger partial charge in [-0.3, -0.25) is 4.79 Å². The number of Topliss-reactive ketones (excluding diaryl/α,β-unsaturated/α-hetero) is 1. The molecule has 6 heteroatoms. The second-order valence-corrected chi connectivity index (χ2v) is 4.67. The van der Waals surface area contributed by atoms with Crippen LogP contribution in [0.4, 0.5) is 0 Å². The van der Waals surface area contributed by atoms with Gasteiger partial charge in [-0.2, -0.15) is 0 Å². The van der Waals surface area contributed by atoms with Crippen LogP contribution in [0.2, 0.25) is 5.02 Å². The molecule has 0 amide bonds. The lowest BCUT2D eigenvalue weighted by atomic mass is 10.1. The fraction of sp³-hybridized carbons (Fsp3) is 0.533. The summed E-state index contributed by atoms with van der Waals surface area (Å²) in [6, 6.07) is 5.01. The third-order valence-corrected chi connectivity index (χ3v) is 2.93. The molecule has 1 rings (SSSR count). The van der Waals surface area contributed by atoms with Crippen LogP contribution in [-0.4, -0.2) is 52.5 Å². The van der Waals surface area contributed by atoms with Crippen molar-refractivity contribution in [3.63, 3.8) is 0 Å². The van der Waals surface area contributed by atoms with Crippen molar-refractivity contribution in [3.8, 4) is 5.75 Å². The molecule has 0 aromatic heterocycles. The predicted octanol–water partition coefficient (Wildman–Crippen LogP) is 2.60. The van der Waals surface area contributed by atoms with Gasteiger partial charge in [-0.25, -0.2) is 0 Å². The van der Waals surface area contributed by atoms with Crippen molar-refractivity contribution in [3.05, 3.63) is 28.8 Å². The molecule has 0 fully saturated rings. The summed E-state index contributed by atoms with van der Waals surface area (Å²) in [6.07, 6.45) is 0. The molecule has 0 saturated heterocycles. The molecule has 0 aliphatic carbocycles. The Kier molecular flexibility index (Phi) is 9.01. The number of benzene rings is 1. The molecule has 0 atom stereocenters. The van der Waals surface area contributed by atoms with Crippen LogP contribution >= 0.6 is 11.6 Å². The summed E-state index contributed by atoms with van der Waals surface area (Å²) in [5.74, 6) is 0.549. The van der Waals surface area contributed by atoms with Gasteiger partial charge in [0.05, 0.1) is 38.1 Å². The molecule has 0 bridgehead atoms. The van der Waals surface area contributed by atoms with Crippen LogP contribution in [0.3, 0.4) is 0 Å². The Balaban J connectivity index is 2.13. The second kappa shape index (κ2) is 10.6. The minimum absolute atomic E-state index is 0.0663. The molecule has 5 nitrogen and oxygen atoms in total. The maximum absolute atomic E-state index is 11.2. The van der Waals surface area contributed by atoms with Crippen molar-refractivity contribution in [1.29, 1.82) is 0 Å². The average molecular weight is 317 g/mol. The predicted molar refractivity (Wildman–Crippen MR) is 80.5 cm³/mol. The van der Waals surface area contributed by atoms with E-state index in [0.717, 1.165) is 0 Å². The Hall–Kier alpha value is -1.14. The van der Waals surface area contributed by atoms with Crippen LogP contribution in [-0.2, 0) is 14.2 Å². The van der Waals surface area contributed by atoms with Crippen LogP contribution < -0.4 is 4.74 Å². The largest absolute Gasteiger partial charge is 0.491 e. The molecule has 1 aromatic rings. The van der Waals surface area contributed by atoms with Gasteiger partial charge in [-0.1, -0.05) is 11.6 Å². The summed E-state index contributed by atoms with van der Waals surface area (Å²) >= 11 is 5.99. The summed E-state index contributed by atoms with van der Waals surface area (Å²) in [7, 11) is 1.63. The fourth-order valence-corrected chi connectivity index (χ4v) is 1.86. The zero-order valence-electron chi connectivity index (χ0n) is 12.4. The normalized spacial score (nSPS) is 10.6. The number of halogens is 1. The molecule has 0 saturated carbocycles. The van der Waals surface area contributed by atoms with Gasteiger partial charge in [0.2, 0.25) is 0 Å². The summed E-state index contributed by atoms with van der Waals surface area (Å²) in [5.41, 5.74) is 0.494. The zero-order valence-corrected chi connectivity index (χ0v) is 13.1. The molecule has 0 heterocycles. The average Bonchev–Trinajstić information content (AvgIpc) is 2.45. The minimum atomic E-state index is -0.0663. The summed E-state index contributed by atoms with van der Waals surface area (Å²) in [5, 5.41) is 0.396. The smallest absolute Gasteiger partial charge is 0.161 e. The number of methoxy groups -OCH3 is 1. The molecule has 0 N–H and O–H groups in total. The molecule has 21 heavy (non-hydrogen) atoms. The van der Waals surface area contributed by atoms with E-state index in [1.54, 1.807) is 25.3 Å². The molecule has 0 spiro atoms. The monoisotopic (exact) mass is 316 g/mol. The van der Waals surface area contributed by atoms with Crippen molar-refractivity contribution in [2.45, 2.75) is 6.92 Å². The van der Waals surface area contributed by atoms with Crippen LogP contribution in [0.1, 0.15) is 17.3 Å². The van der Waals surface area contributed by atoms with E-state index in [-0.39, 0.29) is 5.78 Å². The van der Waals surface area contributed by atoms with Gasteiger partial charge in [0, 0.05) is 12.7 Å². The fourth-order valence-electron chi connectivity index (χ4n) is 1.55. The summed E-state index contributed by atoms with van der Waals surface area (Å²) in [4.78, 5) is 11.2. The highest BCUT2D eigenvalue weighted by Crippen LogP contribution is 2.22. The molecule has 0 aliphatic rings. The molecular formula is C15H21ClO5. The minimum Gasteiger partial charge on any atom is -0.491 e. The van der Waals surface area contributed by atoms with Gasteiger partial charge in [0.25, 0.3) is 0 Å². The van der Waals surface area contributed by atoms with Crippen LogP contribution in [0, 0.1) is 0 Å². The van der Waals surface area contributed by atoms with E-state index in [9.17, 15) is 4.79 Å². The van der Waals surface area contributed by atoms with Crippen molar-refractivity contribution < 1.29 is 23.7 Å². The van der Waals surface area contributed by atoms with E-state index in [1.165, 1.54) is 6.92 Å². The van der Waals surface area contributed by atoms with E-state index >= 15 is 0 Å². The topological polar surface area (TPSA) is 54.0 Å². The molecule has 1 aromatic carbocycles. The van der Waals surface area contributed by atoms with Gasteiger partial charge < -0.3 is 18.9 Å². The first-order chi connectivity index (χ1) is 10.1. The Morgan fingerprint density at radius 1 is 1.05 bits per heavy atom. The Morgan fingerprint density at radius 3 is 2.24 bits per heavy atom. The zero-order chi connectivity index (χ0) is 15.5.